The van der Waals surface area contributed by atoms with Gasteiger partial charge in [0.1, 0.15) is 11.9 Å². The number of hydrogen-bond acceptors (Lipinski definition) is 7. The van der Waals surface area contributed by atoms with Gasteiger partial charge >= 0.3 is 11.9 Å². The first kappa shape index (κ1) is 22.3. The molecule has 1 saturated heterocycles. The smallest absolute Gasteiger partial charge is 0.363 e. The molecule has 0 bridgehead atoms. The third-order valence-corrected chi connectivity index (χ3v) is 6.14. The van der Waals surface area contributed by atoms with Gasteiger partial charge in [0, 0.05) is 30.4 Å². The molecular weight excluding hydrogens is 454 g/mol. The molecule has 1 aromatic rings. The van der Waals surface area contributed by atoms with E-state index in [1.807, 2.05) is 25.2 Å². The lowest BCUT2D eigenvalue weighted by Crippen LogP contribution is -2.32. The number of nitrogens with zero attached hydrogens (tertiary/aromatic N) is 1. The number of aromatic carboxylic acids is 1. The molecule has 2 atom stereocenters. The standard InChI is InChI=1S/C26H19NO8/c1-13-2-5-17-20(10-13)34-21-12-15(28)4-7-18(21)24(17)16-6-3-14(11-19(16)25(31)32)26(33)35-27-22(29)8-9-23(27)30/h2-7,10-12,17,20H,8-9H2,1H3,(H,31,32). The second-order valence-electron chi connectivity index (χ2n) is 8.48. The number of allylic oxidation sites excluding steroid dienone is 5. The molecular formula is C26H19NO8. The molecule has 1 N–H and O–H groups in total. The number of fused-ring (bicyclic) bond motifs is 2. The van der Waals surface area contributed by atoms with Crippen molar-refractivity contribution in [3.8, 4) is 0 Å². The lowest BCUT2D eigenvalue weighted by Gasteiger charge is -2.37. The van der Waals surface area contributed by atoms with Gasteiger partial charge in [0.25, 0.3) is 11.8 Å². The van der Waals surface area contributed by atoms with Crippen molar-refractivity contribution in [1.82, 2.24) is 5.06 Å². The summed E-state index contributed by atoms with van der Waals surface area (Å²) in [5.41, 5.74) is 2.22. The number of ether oxygens (including phenoxy) is 1. The maximum Gasteiger partial charge on any atom is 0.363 e. The van der Waals surface area contributed by atoms with E-state index in [9.17, 15) is 29.1 Å². The van der Waals surface area contributed by atoms with Gasteiger partial charge in [-0.2, -0.15) is 0 Å². The van der Waals surface area contributed by atoms with Crippen molar-refractivity contribution < 1.29 is 38.7 Å². The fraction of sp³-hybridized carbons (Fsp3) is 0.192. The summed E-state index contributed by atoms with van der Waals surface area (Å²) >= 11 is 0. The number of carbonyl (C=O) groups excluding carboxylic acids is 4. The number of carboxylic acid groups (broad SMARTS) is 1. The number of hydrogen-bond donors (Lipinski definition) is 1. The number of carboxylic acids is 1. The van der Waals surface area contributed by atoms with Crippen molar-refractivity contribution in [2.45, 2.75) is 25.9 Å². The van der Waals surface area contributed by atoms with Gasteiger partial charge in [-0.05, 0) is 48.4 Å². The lowest BCUT2D eigenvalue weighted by atomic mass is 9.77. The molecule has 0 saturated carbocycles. The highest BCUT2D eigenvalue weighted by molar-refractivity contribution is 6.06. The van der Waals surface area contributed by atoms with Gasteiger partial charge in [-0.1, -0.05) is 23.8 Å². The molecule has 9 nitrogen and oxygen atoms in total. The summed E-state index contributed by atoms with van der Waals surface area (Å²) < 4.78 is 6.06. The number of amides is 2. The van der Waals surface area contributed by atoms with E-state index in [2.05, 4.69) is 0 Å². The number of carbonyl (C=O) groups is 5. The summed E-state index contributed by atoms with van der Waals surface area (Å²) in [6.07, 6.45) is 9.52. The summed E-state index contributed by atoms with van der Waals surface area (Å²) in [5.74, 6) is -3.81. The van der Waals surface area contributed by atoms with Crippen LogP contribution in [-0.4, -0.2) is 45.8 Å². The number of benzene rings is 1. The highest BCUT2D eigenvalue weighted by Crippen LogP contribution is 2.45. The van der Waals surface area contributed by atoms with Gasteiger partial charge in [-0.15, -0.1) is 5.06 Å². The Morgan fingerprint density at radius 1 is 1.09 bits per heavy atom. The molecule has 0 aromatic heterocycles. The Labute approximate surface area is 199 Å². The average molecular weight is 473 g/mol. The average Bonchev–Trinajstić information content (AvgIpc) is 3.14. The second-order valence-corrected chi connectivity index (χ2v) is 8.48. The zero-order valence-corrected chi connectivity index (χ0v) is 18.5. The fourth-order valence-corrected chi connectivity index (χ4v) is 4.50. The van der Waals surface area contributed by atoms with Crippen LogP contribution in [0.4, 0.5) is 0 Å². The van der Waals surface area contributed by atoms with E-state index < -0.39 is 29.9 Å². The Morgan fingerprint density at radius 2 is 1.83 bits per heavy atom. The Morgan fingerprint density at radius 3 is 2.54 bits per heavy atom. The third kappa shape index (κ3) is 3.90. The van der Waals surface area contributed by atoms with Crippen LogP contribution in [0.15, 0.2) is 71.6 Å². The molecule has 2 aliphatic carbocycles. The number of rotatable bonds is 4. The predicted molar refractivity (Wildman–Crippen MR) is 120 cm³/mol. The van der Waals surface area contributed by atoms with Crippen molar-refractivity contribution in [2.24, 2.45) is 5.92 Å². The SMILES string of the molecule is CC1=CC2OC3=CC(=O)C=CC3=C(c3ccc(C(=O)ON4C(=O)CCC4=O)cc3C(=O)O)C2C=C1. The first-order valence-corrected chi connectivity index (χ1v) is 10.9. The third-order valence-electron chi connectivity index (χ3n) is 6.14. The van der Waals surface area contributed by atoms with Crippen LogP contribution in [0.25, 0.3) is 5.57 Å². The number of imide groups is 1. The van der Waals surface area contributed by atoms with Gasteiger partial charge in [0.05, 0.1) is 11.1 Å². The van der Waals surface area contributed by atoms with Gasteiger partial charge in [-0.3, -0.25) is 14.4 Å². The Bertz CT molecular complexity index is 1360. The molecule has 0 spiro atoms. The maximum absolute atomic E-state index is 12.6. The summed E-state index contributed by atoms with van der Waals surface area (Å²) in [6, 6.07) is 4.01. The molecule has 1 fully saturated rings. The maximum atomic E-state index is 12.6. The van der Waals surface area contributed by atoms with E-state index in [0.29, 0.717) is 27.5 Å². The largest absolute Gasteiger partial charge is 0.485 e. The van der Waals surface area contributed by atoms with Crippen LogP contribution in [0.5, 0.6) is 0 Å². The molecule has 176 valence electrons. The quantitative estimate of drug-likeness (QED) is 0.662. The van der Waals surface area contributed by atoms with Crippen molar-refractivity contribution in [2.75, 3.05) is 0 Å². The van der Waals surface area contributed by atoms with Gasteiger partial charge < -0.3 is 14.7 Å². The summed E-state index contributed by atoms with van der Waals surface area (Å²) in [7, 11) is 0. The Balaban J connectivity index is 1.59. The van der Waals surface area contributed by atoms with Gasteiger partial charge in [-0.25, -0.2) is 9.59 Å². The molecule has 9 heteroatoms. The highest BCUT2D eigenvalue weighted by atomic mass is 16.7. The van der Waals surface area contributed by atoms with E-state index in [0.717, 1.165) is 11.6 Å². The van der Waals surface area contributed by atoms with Crippen molar-refractivity contribution in [3.63, 3.8) is 0 Å². The Kier molecular flexibility index (Phi) is 5.32. The van der Waals surface area contributed by atoms with Crippen molar-refractivity contribution in [3.05, 3.63) is 88.3 Å². The zero-order chi connectivity index (χ0) is 24.9. The highest BCUT2D eigenvalue weighted by Gasteiger charge is 2.38. The molecule has 5 rings (SSSR count). The molecule has 4 aliphatic rings. The van der Waals surface area contributed by atoms with E-state index in [-0.39, 0.29) is 35.7 Å². The molecule has 2 aliphatic heterocycles. The molecule has 0 radical (unpaired) electrons. The number of hydroxylamine groups is 2. The van der Waals surface area contributed by atoms with Crippen LogP contribution >= 0.6 is 0 Å². The van der Waals surface area contributed by atoms with Crippen LogP contribution in [0.3, 0.4) is 0 Å². The monoisotopic (exact) mass is 473 g/mol. The molecule has 1 aromatic carbocycles. The van der Waals surface area contributed by atoms with Crippen molar-refractivity contribution in [1.29, 1.82) is 0 Å². The first-order valence-electron chi connectivity index (χ1n) is 10.9. The lowest BCUT2D eigenvalue weighted by molar-refractivity contribution is -0.172. The van der Waals surface area contributed by atoms with Crippen LogP contribution in [0.2, 0.25) is 0 Å². The topological polar surface area (TPSA) is 127 Å². The van der Waals surface area contributed by atoms with Gasteiger partial charge in [0.15, 0.2) is 5.78 Å². The van der Waals surface area contributed by atoms with Crippen molar-refractivity contribution >= 4 is 35.1 Å². The first-order chi connectivity index (χ1) is 16.7. The van der Waals surface area contributed by atoms with Crippen LogP contribution < -0.4 is 0 Å². The molecule has 35 heavy (non-hydrogen) atoms. The Hall–Kier alpha value is -4.53. The fourth-order valence-electron chi connectivity index (χ4n) is 4.50. The molecule has 2 heterocycles. The minimum atomic E-state index is -1.29. The number of ketones is 1. The molecule has 2 unspecified atom stereocenters. The minimum absolute atomic E-state index is 0.0553. The van der Waals surface area contributed by atoms with Gasteiger partial charge in [0.2, 0.25) is 0 Å². The minimum Gasteiger partial charge on any atom is -0.485 e. The zero-order valence-electron chi connectivity index (χ0n) is 18.5. The van der Waals surface area contributed by atoms with Crippen LogP contribution in [0.1, 0.15) is 46.0 Å². The predicted octanol–water partition coefficient (Wildman–Crippen LogP) is 2.91. The van der Waals surface area contributed by atoms with E-state index in [4.69, 9.17) is 9.57 Å². The summed E-state index contributed by atoms with van der Waals surface area (Å²) in [4.78, 5) is 65.3. The normalized spacial score (nSPS) is 22.9. The van der Waals surface area contributed by atoms with E-state index in [1.165, 1.54) is 24.3 Å². The van der Waals surface area contributed by atoms with Crippen LogP contribution in [0, 0.1) is 5.92 Å². The van der Waals surface area contributed by atoms with E-state index in [1.54, 1.807) is 6.08 Å². The summed E-state index contributed by atoms with van der Waals surface area (Å²) in [6.45, 7) is 1.91. The van der Waals surface area contributed by atoms with Crippen LogP contribution in [-0.2, 0) is 24.0 Å². The summed E-state index contributed by atoms with van der Waals surface area (Å²) in [5, 5.41) is 10.4. The second kappa shape index (κ2) is 8.35. The molecule has 2 amide bonds. The van der Waals surface area contributed by atoms with E-state index >= 15 is 0 Å².